The van der Waals surface area contributed by atoms with Gasteiger partial charge in [-0.2, -0.15) is 0 Å². The van der Waals surface area contributed by atoms with E-state index in [0.29, 0.717) is 11.3 Å². The molecule has 1 N–H and O–H groups in total. The number of anilines is 1. The fourth-order valence-electron chi connectivity index (χ4n) is 2.50. The van der Waals surface area contributed by atoms with Crippen LogP contribution in [0.25, 0.3) is 11.3 Å². The van der Waals surface area contributed by atoms with Crippen LogP contribution in [0.15, 0.2) is 42.5 Å². The second-order valence-corrected chi connectivity index (χ2v) is 4.96. The Morgan fingerprint density at radius 1 is 1.10 bits per heavy atom. The monoisotopic (exact) mass is 268 g/mol. The Hall–Kier alpha value is -2.36. The summed E-state index contributed by atoms with van der Waals surface area (Å²) < 4.78 is 0. The predicted molar refractivity (Wildman–Crippen MR) is 78.1 cm³/mol. The van der Waals surface area contributed by atoms with Crippen molar-refractivity contribution in [3.63, 3.8) is 0 Å². The summed E-state index contributed by atoms with van der Waals surface area (Å²) in [6.07, 6.45) is 2.28. The predicted octanol–water partition coefficient (Wildman–Crippen LogP) is 3.05. The first-order chi connectivity index (χ1) is 9.74. The second kappa shape index (κ2) is 5.33. The van der Waals surface area contributed by atoms with Crippen molar-refractivity contribution in [2.24, 2.45) is 0 Å². The molecule has 1 saturated heterocycles. The molecular weight excluding hydrogens is 252 g/mol. The highest BCUT2D eigenvalue weighted by atomic mass is 16.4. The summed E-state index contributed by atoms with van der Waals surface area (Å²) in [6, 6.07) is 13.0. The van der Waals surface area contributed by atoms with Gasteiger partial charge in [0.25, 0.3) is 0 Å². The number of carboxylic acids is 1. The van der Waals surface area contributed by atoms with E-state index >= 15 is 0 Å². The topological polar surface area (TPSA) is 53.4 Å². The van der Waals surface area contributed by atoms with Crippen molar-refractivity contribution in [3.8, 4) is 11.3 Å². The lowest BCUT2D eigenvalue weighted by Gasteiger charge is -2.18. The van der Waals surface area contributed by atoms with Crippen LogP contribution < -0.4 is 4.90 Å². The molecule has 20 heavy (non-hydrogen) atoms. The van der Waals surface area contributed by atoms with Crippen molar-refractivity contribution in [2.75, 3.05) is 18.0 Å². The van der Waals surface area contributed by atoms with Crippen molar-refractivity contribution in [1.29, 1.82) is 0 Å². The smallest absolute Gasteiger partial charge is 0.335 e. The number of rotatable bonds is 3. The van der Waals surface area contributed by atoms with Crippen LogP contribution in [0.5, 0.6) is 0 Å². The fourth-order valence-corrected chi connectivity index (χ4v) is 2.50. The van der Waals surface area contributed by atoms with E-state index in [1.165, 1.54) is 0 Å². The molecule has 0 radical (unpaired) electrons. The highest BCUT2D eigenvalue weighted by Gasteiger charge is 2.17. The van der Waals surface area contributed by atoms with E-state index in [1.807, 2.05) is 30.3 Å². The third-order valence-corrected chi connectivity index (χ3v) is 3.56. The SMILES string of the molecule is O=C(O)c1cc(-c2ccccc2)nc(N2CCCC2)c1. The number of nitrogens with zero attached hydrogens (tertiary/aromatic N) is 2. The first-order valence-electron chi connectivity index (χ1n) is 6.80. The molecule has 0 unspecified atom stereocenters. The van der Waals surface area contributed by atoms with E-state index < -0.39 is 5.97 Å². The molecule has 2 aromatic rings. The van der Waals surface area contributed by atoms with Gasteiger partial charge in [-0.1, -0.05) is 30.3 Å². The van der Waals surface area contributed by atoms with Gasteiger partial charge in [-0.25, -0.2) is 9.78 Å². The number of hydrogen-bond acceptors (Lipinski definition) is 3. The molecule has 2 heterocycles. The summed E-state index contributed by atoms with van der Waals surface area (Å²) >= 11 is 0. The largest absolute Gasteiger partial charge is 0.478 e. The summed E-state index contributed by atoms with van der Waals surface area (Å²) in [4.78, 5) is 18.1. The lowest BCUT2D eigenvalue weighted by Crippen LogP contribution is -2.19. The summed E-state index contributed by atoms with van der Waals surface area (Å²) in [7, 11) is 0. The molecule has 0 spiro atoms. The first kappa shape index (κ1) is 12.7. The van der Waals surface area contributed by atoms with Gasteiger partial charge in [0.1, 0.15) is 5.82 Å². The number of hydrogen-bond donors (Lipinski definition) is 1. The van der Waals surface area contributed by atoms with Crippen LogP contribution >= 0.6 is 0 Å². The molecule has 1 aromatic heterocycles. The molecule has 1 aliphatic rings. The van der Waals surface area contributed by atoms with E-state index in [0.717, 1.165) is 37.3 Å². The maximum Gasteiger partial charge on any atom is 0.335 e. The molecule has 102 valence electrons. The van der Waals surface area contributed by atoms with Gasteiger partial charge in [0, 0.05) is 18.7 Å². The highest BCUT2D eigenvalue weighted by Crippen LogP contribution is 2.25. The van der Waals surface area contributed by atoms with Gasteiger partial charge in [-0.3, -0.25) is 0 Å². The van der Waals surface area contributed by atoms with Gasteiger partial charge in [0.05, 0.1) is 11.3 Å². The van der Waals surface area contributed by atoms with Crippen LogP contribution in [0.4, 0.5) is 5.82 Å². The van der Waals surface area contributed by atoms with Crippen molar-refractivity contribution in [1.82, 2.24) is 4.98 Å². The molecule has 1 aromatic carbocycles. The molecule has 3 rings (SSSR count). The van der Waals surface area contributed by atoms with Gasteiger partial charge in [-0.15, -0.1) is 0 Å². The summed E-state index contributed by atoms with van der Waals surface area (Å²) in [6.45, 7) is 1.90. The highest BCUT2D eigenvalue weighted by molar-refractivity contribution is 5.90. The third-order valence-electron chi connectivity index (χ3n) is 3.56. The summed E-state index contributed by atoms with van der Waals surface area (Å²) in [5, 5.41) is 9.28. The lowest BCUT2D eigenvalue weighted by atomic mass is 10.1. The zero-order valence-corrected chi connectivity index (χ0v) is 11.1. The maximum absolute atomic E-state index is 11.3. The van der Waals surface area contributed by atoms with E-state index in [4.69, 9.17) is 0 Å². The second-order valence-electron chi connectivity index (χ2n) is 4.96. The molecule has 0 saturated carbocycles. The van der Waals surface area contributed by atoms with Gasteiger partial charge in [0.15, 0.2) is 0 Å². The molecule has 0 aliphatic carbocycles. The van der Waals surface area contributed by atoms with Crippen molar-refractivity contribution < 1.29 is 9.90 Å². The Kier molecular flexibility index (Phi) is 3.37. The average molecular weight is 268 g/mol. The number of carbonyl (C=O) groups is 1. The lowest BCUT2D eigenvalue weighted by molar-refractivity contribution is 0.0697. The van der Waals surface area contributed by atoms with Crippen LogP contribution in [-0.2, 0) is 0 Å². The minimum Gasteiger partial charge on any atom is -0.478 e. The van der Waals surface area contributed by atoms with Crippen LogP contribution in [-0.4, -0.2) is 29.1 Å². The summed E-state index contributed by atoms with van der Waals surface area (Å²) in [5.41, 5.74) is 1.95. The molecule has 4 heteroatoms. The maximum atomic E-state index is 11.3. The van der Waals surface area contributed by atoms with Crippen molar-refractivity contribution >= 4 is 11.8 Å². The van der Waals surface area contributed by atoms with Crippen LogP contribution in [0, 0.1) is 0 Å². The third kappa shape index (κ3) is 2.50. The minimum atomic E-state index is -0.912. The molecule has 1 aliphatic heterocycles. The quantitative estimate of drug-likeness (QED) is 0.929. The van der Waals surface area contributed by atoms with Crippen LogP contribution in [0.1, 0.15) is 23.2 Å². The summed E-state index contributed by atoms with van der Waals surface area (Å²) in [5.74, 6) is -0.147. The van der Waals surface area contributed by atoms with Crippen LogP contribution in [0.3, 0.4) is 0 Å². The molecule has 0 atom stereocenters. The number of aromatic carboxylic acids is 1. The fraction of sp³-hybridized carbons (Fsp3) is 0.250. The number of aromatic nitrogens is 1. The Labute approximate surface area is 117 Å². The van der Waals surface area contributed by atoms with Gasteiger partial charge in [-0.05, 0) is 25.0 Å². The Morgan fingerprint density at radius 3 is 2.45 bits per heavy atom. The zero-order chi connectivity index (χ0) is 13.9. The normalized spacial score (nSPS) is 14.5. The first-order valence-corrected chi connectivity index (χ1v) is 6.80. The Morgan fingerprint density at radius 2 is 1.80 bits per heavy atom. The molecular formula is C16H16N2O2. The minimum absolute atomic E-state index is 0.292. The van der Waals surface area contributed by atoms with E-state index in [1.54, 1.807) is 12.1 Å². The zero-order valence-electron chi connectivity index (χ0n) is 11.1. The van der Waals surface area contributed by atoms with Crippen LogP contribution in [0.2, 0.25) is 0 Å². The van der Waals surface area contributed by atoms with Gasteiger partial charge in [0.2, 0.25) is 0 Å². The average Bonchev–Trinajstić information content (AvgIpc) is 3.02. The van der Waals surface area contributed by atoms with Gasteiger partial charge < -0.3 is 10.0 Å². The molecule has 4 nitrogen and oxygen atoms in total. The van der Waals surface area contributed by atoms with E-state index in [-0.39, 0.29) is 0 Å². The standard InChI is InChI=1S/C16H16N2O2/c19-16(20)13-10-14(12-6-2-1-3-7-12)17-15(11-13)18-8-4-5-9-18/h1-3,6-7,10-11H,4-5,8-9H2,(H,19,20). The number of carboxylic acid groups (broad SMARTS) is 1. The Balaban J connectivity index is 2.07. The van der Waals surface area contributed by atoms with E-state index in [9.17, 15) is 9.90 Å². The van der Waals surface area contributed by atoms with Gasteiger partial charge >= 0.3 is 5.97 Å². The number of pyridine rings is 1. The molecule has 0 amide bonds. The number of benzene rings is 1. The Bertz CT molecular complexity index is 620. The van der Waals surface area contributed by atoms with Crippen molar-refractivity contribution in [2.45, 2.75) is 12.8 Å². The molecule has 0 bridgehead atoms. The van der Waals surface area contributed by atoms with Crippen molar-refractivity contribution in [3.05, 3.63) is 48.0 Å². The van der Waals surface area contributed by atoms with E-state index in [2.05, 4.69) is 9.88 Å². The molecule has 1 fully saturated rings.